The van der Waals surface area contributed by atoms with Gasteiger partial charge in [0.2, 0.25) is 0 Å². The molecule has 3 aromatic carbocycles. The number of aliphatic imine (C=N–C) groups is 1. The third-order valence-electron chi connectivity index (χ3n) is 4.25. The van der Waals surface area contributed by atoms with Crippen molar-refractivity contribution in [3.8, 4) is 11.1 Å². The molecule has 0 amide bonds. The summed E-state index contributed by atoms with van der Waals surface area (Å²) < 4.78 is 30.5. The molecular formula is C21H16FNO2S. The van der Waals surface area contributed by atoms with Gasteiger partial charge >= 0.3 is 11.6 Å². The van der Waals surface area contributed by atoms with Crippen molar-refractivity contribution in [2.75, 3.05) is 0 Å². The second kappa shape index (κ2) is 7.97. The van der Waals surface area contributed by atoms with Gasteiger partial charge in [-0.2, -0.15) is 8.42 Å². The molecule has 0 aromatic heterocycles. The van der Waals surface area contributed by atoms with E-state index in [-0.39, 0.29) is 5.82 Å². The standard InChI is InChI=1S/C21H16FN.O2S/c1-14-6-11-20-17(12-14)13-21(23-20)16-9-7-15(8-10-16)18-4-2-3-5-19(18)22;1-3-2/h2-12H,13H2,1H3;. The van der Waals surface area contributed by atoms with Crippen LogP contribution in [0.4, 0.5) is 10.1 Å². The van der Waals surface area contributed by atoms with Gasteiger partial charge in [0.05, 0.1) is 11.4 Å². The van der Waals surface area contributed by atoms with Gasteiger partial charge in [-0.25, -0.2) is 4.39 Å². The highest BCUT2D eigenvalue weighted by Crippen LogP contribution is 2.30. The lowest BCUT2D eigenvalue weighted by Gasteiger charge is -2.05. The molecule has 3 aromatic rings. The number of aryl methyl sites for hydroxylation is 1. The fourth-order valence-electron chi connectivity index (χ4n) is 3.03. The van der Waals surface area contributed by atoms with Crippen molar-refractivity contribution in [3.05, 3.63) is 89.2 Å². The molecule has 0 spiro atoms. The van der Waals surface area contributed by atoms with Crippen LogP contribution in [-0.4, -0.2) is 14.1 Å². The average molecular weight is 365 g/mol. The first-order chi connectivity index (χ1) is 12.6. The van der Waals surface area contributed by atoms with E-state index in [1.165, 1.54) is 17.2 Å². The Labute approximate surface area is 154 Å². The number of benzene rings is 3. The minimum atomic E-state index is -0.750. The van der Waals surface area contributed by atoms with Crippen LogP contribution in [0.5, 0.6) is 0 Å². The Morgan fingerprint density at radius 1 is 0.923 bits per heavy atom. The Hall–Kier alpha value is -2.92. The first-order valence-corrected chi connectivity index (χ1v) is 8.73. The van der Waals surface area contributed by atoms with Crippen molar-refractivity contribution in [2.24, 2.45) is 4.99 Å². The molecule has 0 unspecified atom stereocenters. The highest BCUT2D eigenvalue weighted by Gasteiger charge is 2.16. The zero-order valence-corrected chi connectivity index (χ0v) is 14.9. The summed E-state index contributed by atoms with van der Waals surface area (Å²) in [4.78, 5) is 4.73. The van der Waals surface area contributed by atoms with Crippen LogP contribution in [0.1, 0.15) is 16.7 Å². The van der Waals surface area contributed by atoms with Gasteiger partial charge in [-0.3, -0.25) is 4.99 Å². The summed E-state index contributed by atoms with van der Waals surface area (Å²) in [6.07, 6.45) is 0.857. The first-order valence-electron chi connectivity index (χ1n) is 8.06. The van der Waals surface area contributed by atoms with Gasteiger partial charge in [-0.15, -0.1) is 0 Å². The smallest absolute Gasteiger partial charge is 0.252 e. The maximum absolute atomic E-state index is 13.9. The molecule has 0 radical (unpaired) electrons. The second-order valence-corrected chi connectivity index (χ2v) is 6.13. The Balaban J connectivity index is 0.000000613. The molecule has 0 fully saturated rings. The zero-order chi connectivity index (χ0) is 18.5. The lowest BCUT2D eigenvalue weighted by atomic mass is 9.99. The van der Waals surface area contributed by atoms with Crippen LogP contribution in [0.2, 0.25) is 0 Å². The topological polar surface area (TPSA) is 46.5 Å². The molecule has 0 saturated heterocycles. The highest BCUT2D eigenvalue weighted by atomic mass is 32.1. The number of nitrogens with zero attached hydrogens (tertiary/aromatic N) is 1. The van der Waals surface area contributed by atoms with Crippen LogP contribution in [0, 0.1) is 12.7 Å². The largest absolute Gasteiger partial charge is 0.335 e. The molecule has 1 heterocycles. The summed E-state index contributed by atoms with van der Waals surface area (Å²) >= 11 is -0.750. The third-order valence-corrected chi connectivity index (χ3v) is 4.25. The van der Waals surface area contributed by atoms with Crippen LogP contribution in [-0.2, 0) is 18.0 Å². The SMILES string of the molecule is Cc1ccc2c(c1)CC(c1ccc(-c3ccccc3F)cc1)=N2.O=S=O. The summed E-state index contributed by atoms with van der Waals surface area (Å²) in [6.45, 7) is 2.10. The Morgan fingerprint density at radius 3 is 2.27 bits per heavy atom. The van der Waals surface area contributed by atoms with Gasteiger partial charge in [-0.1, -0.05) is 60.2 Å². The van der Waals surface area contributed by atoms with E-state index < -0.39 is 11.6 Å². The van der Waals surface area contributed by atoms with E-state index in [1.807, 2.05) is 30.3 Å². The van der Waals surface area contributed by atoms with E-state index in [0.29, 0.717) is 5.56 Å². The average Bonchev–Trinajstić information content (AvgIpc) is 3.06. The Kier molecular flexibility index (Phi) is 5.49. The van der Waals surface area contributed by atoms with E-state index >= 15 is 0 Å². The molecule has 0 saturated carbocycles. The molecule has 4 rings (SSSR count). The van der Waals surface area contributed by atoms with E-state index in [0.717, 1.165) is 28.9 Å². The predicted octanol–water partition coefficient (Wildman–Crippen LogP) is 4.81. The van der Waals surface area contributed by atoms with Crippen molar-refractivity contribution in [1.29, 1.82) is 0 Å². The summed E-state index contributed by atoms with van der Waals surface area (Å²) in [7, 11) is 0. The van der Waals surface area contributed by atoms with Crippen LogP contribution in [0.25, 0.3) is 11.1 Å². The lowest BCUT2D eigenvalue weighted by molar-refractivity contribution is 0.630. The highest BCUT2D eigenvalue weighted by molar-refractivity contribution is 7.51. The van der Waals surface area contributed by atoms with Crippen molar-refractivity contribution >= 4 is 23.0 Å². The van der Waals surface area contributed by atoms with Gasteiger partial charge in [-0.05, 0) is 35.7 Å². The van der Waals surface area contributed by atoms with Crippen molar-refractivity contribution in [3.63, 3.8) is 0 Å². The van der Waals surface area contributed by atoms with E-state index in [2.05, 4.69) is 25.1 Å². The van der Waals surface area contributed by atoms with Crippen molar-refractivity contribution < 1.29 is 12.8 Å². The molecule has 1 aliphatic heterocycles. The lowest BCUT2D eigenvalue weighted by Crippen LogP contribution is -2.00. The van der Waals surface area contributed by atoms with Crippen molar-refractivity contribution in [1.82, 2.24) is 0 Å². The van der Waals surface area contributed by atoms with Crippen LogP contribution in [0.3, 0.4) is 0 Å². The first kappa shape index (κ1) is 17.9. The molecule has 0 atom stereocenters. The molecule has 1 aliphatic rings. The second-order valence-electron chi connectivity index (χ2n) is 5.99. The summed E-state index contributed by atoms with van der Waals surface area (Å²) in [5.74, 6) is -0.193. The number of halogens is 1. The number of hydrogen-bond acceptors (Lipinski definition) is 3. The Bertz CT molecular complexity index is 1010. The molecule has 0 N–H and O–H groups in total. The molecule has 0 bridgehead atoms. The number of hydrogen-bond donors (Lipinski definition) is 0. The molecule has 26 heavy (non-hydrogen) atoms. The van der Waals surface area contributed by atoms with Gasteiger partial charge in [0.15, 0.2) is 0 Å². The maximum atomic E-state index is 13.9. The monoisotopic (exact) mass is 365 g/mol. The normalized spacial score (nSPS) is 11.8. The molecule has 5 heteroatoms. The van der Waals surface area contributed by atoms with Gasteiger partial charge < -0.3 is 0 Å². The molecule has 3 nitrogen and oxygen atoms in total. The summed E-state index contributed by atoms with van der Waals surface area (Å²) in [5, 5.41) is 0. The Morgan fingerprint density at radius 2 is 1.58 bits per heavy atom. The number of rotatable bonds is 2. The molecular weight excluding hydrogens is 349 g/mol. The fraction of sp³-hybridized carbons (Fsp3) is 0.0952. The van der Waals surface area contributed by atoms with E-state index in [1.54, 1.807) is 12.1 Å². The maximum Gasteiger partial charge on any atom is 0.335 e. The van der Waals surface area contributed by atoms with Crippen LogP contribution >= 0.6 is 0 Å². The molecule has 130 valence electrons. The number of fused-ring (bicyclic) bond motifs is 1. The van der Waals surface area contributed by atoms with Crippen molar-refractivity contribution in [2.45, 2.75) is 13.3 Å². The van der Waals surface area contributed by atoms with Crippen LogP contribution in [0.15, 0.2) is 71.7 Å². The summed E-state index contributed by atoms with van der Waals surface area (Å²) in [6, 6.07) is 21.2. The predicted molar refractivity (Wildman–Crippen MR) is 102 cm³/mol. The van der Waals surface area contributed by atoms with Gasteiger partial charge in [0.1, 0.15) is 5.82 Å². The third kappa shape index (κ3) is 3.83. The van der Waals surface area contributed by atoms with Crippen LogP contribution < -0.4 is 0 Å². The zero-order valence-electron chi connectivity index (χ0n) is 14.1. The quantitative estimate of drug-likeness (QED) is 0.654. The summed E-state index contributed by atoms with van der Waals surface area (Å²) in [5.41, 5.74) is 7.28. The minimum absolute atomic E-state index is 0.193. The van der Waals surface area contributed by atoms with Gasteiger partial charge in [0, 0.05) is 12.0 Å². The molecule has 0 aliphatic carbocycles. The van der Waals surface area contributed by atoms with E-state index in [4.69, 9.17) is 13.4 Å². The van der Waals surface area contributed by atoms with Gasteiger partial charge in [0.25, 0.3) is 0 Å². The van der Waals surface area contributed by atoms with E-state index in [9.17, 15) is 4.39 Å². The minimum Gasteiger partial charge on any atom is -0.252 e. The fourth-order valence-corrected chi connectivity index (χ4v) is 3.03.